The summed E-state index contributed by atoms with van der Waals surface area (Å²) in [4.78, 5) is 0. The highest BCUT2D eigenvalue weighted by Crippen LogP contribution is 2.28. The largest absolute Gasteiger partial charge is 0.490 e. The third kappa shape index (κ3) is 3.74. The Morgan fingerprint density at radius 2 is 1.85 bits per heavy atom. The summed E-state index contributed by atoms with van der Waals surface area (Å²) in [6, 6.07) is 7.67. The minimum Gasteiger partial charge on any atom is -0.490 e. The quantitative estimate of drug-likeness (QED) is 0.610. The lowest BCUT2D eigenvalue weighted by Gasteiger charge is -2.11. The Morgan fingerprint density at radius 1 is 1.08 bits per heavy atom. The average molecular weight is 354 g/mol. The summed E-state index contributed by atoms with van der Waals surface area (Å²) in [5.74, 6) is 1.95. The average Bonchev–Trinajstić information content (AvgIpc) is 3.21. The molecule has 0 amide bonds. The van der Waals surface area contributed by atoms with Crippen LogP contribution in [-0.2, 0) is 0 Å². The summed E-state index contributed by atoms with van der Waals surface area (Å²) >= 11 is 0. The Kier molecular flexibility index (Phi) is 5.31. The molecular weight excluding hydrogens is 332 g/mol. The van der Waals surface area contributed by atoms with E-state index in [2.05, 4.69) is 20.4 Å². The fourth-order valence-corrected chi connectivity index (χ4v) is 2.55. The van der Waals surface area contributed by atoms with Gasteiger partial charge in [0.05, 0.1) is 25.1 Å². The van der Waals surface area contributed by atoms with Gasteiger partial charge in [0.15, 0.2) is 11.5 Å². The lowest BCUT2D eigenvalue weighted by atomic mass is 10.2. The molecule has 0 aliphatic heterocycles. The van der Waals surface area contributed by atoms with E-state index in [1.54, 1.807) is 21.9 Å². The van der Waals surface area contributed by atoms with E-state index in [4.69, 9.17) is 9.47 Å². The van der Waals surface area contributed by atoms with Gasteiger partial charge in [0, 0.05) is 5.69 Å². The number of hydrogen-bond donors (Lipinski definition) is 0. The Hall–Kier alpha value is -3.16. The van der Waals surface area contributed by atoms with E-state index in [0.29, 0.717) is 24.9 Å². The molecule has 2 aromatic heterocycles. The van der Waals surface area contributed by atoms with Gasteiger partial charge in [-0.25, -0.2) is 4.68 Å². The molecule has 0 aliphatic rings. The summed E-state index contributed by atoms with van der Waals surface area (Å²) in [5.41, 5.74) is 2.76. The lowest BCUT2D eigenvalue weighted by molar-refractivity contribution is 0.288. The summed E-state index contributed by atoms with van der Waals surface area (Å²) in [6.07, 6.45) is 3.26. The molecule has 0 saturated heterocycles. The van der Waals surface area contributed by atoms with Crippen LogP contribution in [-0.4, -0.2) is 44.1 Å². The van der Waals surface area contributed by atoms with Crippen LogP contribution >= 0.6 is 0 Å². The highest BCUT2D eigenvalue weighted by atomic mass is 16.5. The molecule has 26 heavy (non-hydrogen) atoms. The van der Waals surface area contributed by atoms with Gasteiger partial charge in [0.2, 0.25) is 0 Å². The SMILES string of the molecule is CCOc1ccc(C=Nn2cnnc2-n2nc(C)cc2C)cc1OCC. The van der Waals surface area contributed by atoms with E-state index in [-0.39, 0.29) is 0 Å². The Morgan fingerprint density at radius 3 is 2.54 bits per heavy atom. The minimum atomic E-state index is 0.530. The highest BCUT2D eigenvalue weighted by Gasteiger charge is 2.10. The van der Waals surface area contributed by atoms with Gasteiger partial charge in [-0.05, 0) is 57.5 Å². The van der Waals surface area contributed by atoms with Gasteiger partial charge in [0.25, 0.3) is 5.95 Å². The topological polar surface area (TPSA) is 79.4 Å². The maximum absolute atomic E-state index is 5.65. The molecule has 136 valence electrons. The normalized spacial score (nSPS) is 11.2. The van der Waals surface area contributed by atoms with E-state index in [1.807, 2.05) is 52.0 Å². The van der Waals surface area contributed by atoms with Crippen molar-refractivity contribution in [1.29, 1.82) is 0 Å². The van der Waals surface area contributed by atoms with Crippen molar-refractivity contribution in [3.63, 3.8) is 0 Å². The van der Waals surface area contributed by atoms with Gasteiger partial charge >= 0.3 is 0 Å². The molecule has 0 bridgehead atoms. The molecule has 0 unspecified atom stereocenters. The molecule has 0 spiro atoms. The second-order valence-corrected chi connectivity index (χ2v) is 5.63. The van der Waals surface area contributed by atoms with Gasteiger partial charge in [-0.3, -0.25) is 0 Å². The maximum Gasteiger partial charge on any atom is 0.273 e. The molecular formula is C18H22N6O2. The second kappa shape index (κ2) is 7.81. The minimum absolute atomic E-state index is 0.530. The second-order valence-electron chi connectivity index (χ2n) is 5.63. The standard InChI is InChI=1S/C18H22N6O2/c1-5-25-16-8-7-15(10-17(16)26-6-2)11-20-23-12-19-21-18(23)24-14(4)9-13(3)22-24/h7-12H,5-6H2,1-4H3. The van der Waals surface area contributed by atoms with Crippen molar-refractivity contribution in [2.24, 2.45) is 5.10 Å². The lowest BCUT2D eigenvalue weighted by Crippen LogP contribution is -2.06. The van der Waals surface area contributed by atoms with E-state index in [9.17, 15) is 0 Å². The smallest absolute Gasteiger partial charge is 0.273 e. The molecule has 3 rings (SSSR count). The van der Waals surface area contributed by atoms with Gasteiger partial charge in [-0.1, -0.05) is 0 Å². The number of aromatic nitrogens is 5. The monoisotopic (exact) mass is 354 g/mol. The van der Waals surface area contributed by atoms with Crippen molar-refractivity contribution in [2.75, 3.05) is 13.2 Å². The van der Waals surface area contributed by atoms with Gasteiger partial charge < -0.3 is 9.47 Å². The van der Waals surface area contributed by atoms with Crippen LogP contribution in [0.5, 0.6) is 11.5 Å². The molecule has 0 aliphatic carbocycles. The first-order chi connectivity index (χ1) is 12.6. The molecule has 8 nitrogen and oxygen atoms in total. The van der Waals surface area contributed by atoms with Crippen LogP contribution in [0.4, 0.5) is 0 Å². The van der Waals surface area contributed by atoms with Crippen molar-refractivity contribution in [2.45, 2.75) is 27.7 Å². The maximum atomic E-state index is 5.65. The zero-order valence-corrected chi connectivity index (χ0v) is 15.4. The summed E-state index contributed by atoms with van der Waals surface area (Å²) < 4.78 is 14.5. The van der Waals surface area contributed by atoms with Crippen molar-refractivity contribution in [3.8, 4) is 17.4 Å². The third-order valence-electron chi connectivity index (χ3n) is 3.61. The van der Waals surface area contributed by atoms with Gasteiger partial charge in [-0.15, -0.1) is 10.2 Å². The molecule has 0 atom stereocenters. The molecule has 8 heteroatoms. The fourth-order valence-electron chi connectivity index (χ4n) is 2.55. The predicted molar refractivity (Wildman–Crippen MR) is 98.4 cm³/mol. The summed E-state index contributed by atoms with van der Waals surface area (Å²) in [7, 11) is 0. The van der Waals surface area contributed by atoms with Crippen LogP contribution < -0.4 is 9.47 Å². The zero-order valence-electron chi connectivity index (χ0n) is 15.4. The Balaban J connectivity index is 1.88. The Labute approximate surface area is 152 Å². The van der Waals surface area contributed by atoms with Crippen molar-refractivity contribution in [3.05, 3.63) is 47.5 Å². The summed E-state index contributed by atoms with van der Waals surface area (Å²) in [5, 5.41) is 16.9. The van der Waals surface area contributed by atoms with Crippen molar-refractivity contribution >= 4 is 6.21 Å². The van der Waals surface area contributed by atoms with Crippen molar-refractivity contribution < 1.29 is 9.47 Å². The van der Waals surface area contributed by atoms with Crippen LogP contribution in [0.3, 0.4) is 0 Å². The molecule has 0 fully saturated rings. The van der Waals surface area contributed by atoms with Crippen molar-refractivity contribution in [1.82, 2.24) is 24.7 Å². The van der Waals surface area contributed by atoms with Crippen LogP contribution in [0.1, 0.15) is 30.8 Å². The number of benzene rings is 1. The fraction of sp³-hybridized carbons (Fsp3) is 0.333. The number of nitrogens with zero attached hydrogens (tertiary/aromatic N) is 6. The van der Waals surface area contributed by atoms with Crippen LogP contribution in [0.2, 0.25) is 0 Å². The van der Waals surface area contributed by atoms with E-state index in [0.717, 1.165) is 22.7 Å². The van der Waals surface area contributed by atoms with Crippen LogP contribution in [0.15, 0.2) is 35.7 Å². The molecule has 0 N–H and O–H groups in total. The molecule has 0 saturated carbocycles. The summed E-state index contributed by atoms with van der Waals surface area (Å²) in [6.45, 7) is 8.92. The molecule has 1 aromatic carbocycles. The Bertz CT molecular complexity index is 912. The van der Waals surface area contributed by atoms with Gasteiger partial charge in [-0.2, -0.15) is 14.9 Å². The molecule has 3 aromatic rings. The van der Waals surface area contributed by atoms with Crippen LogP contribution in [0.25, 0.3) is 5.95 Å². The molecule has 0 radical (unpaired) electrons. The predicted octanol–water partition coefficient (Wildman–Crippen LogP) is 2.76. The first-order valence-corrected chi connectivity index (χ1v) is 8.50. The zero-order chi connectivity index (χ0) is 18.5. The number of aryl methyl sites for hydroxylation is 2. The highest BCUT2D eigenvalue weighted by molar-refractivity contribution is 5.80. The third-order valence-corrected chi connectivity index (χ3v) is 3.61. The van der Waals surface area contributed by atoms with Crippen LogP contribution in [0, 0.1) is 13.8 Å². The first-order valence-electron chi connectivity index (χ1n) is 8.50. The first kappa shape index (κ1) is 17.7. The molecule has 2 heterocycles. The van der Waals surface area contributed by atoms with E-state index >= 15 is 0 Å². The number of ether oxygens (including phenoxy) is 2. The van der Waals surface area contributed by atoms with E-state index in [1.165, 1.54) is 0 Å². The number of rotatable bonds is 7. The van der Waals surface area contributed by atoms with E-state index < -0.39 is 0 Å². The number of hydrogen-bond acceptors (Lipinski definition) is 6. The van der Waals surface area contributed by atoms with Gasteiger partial charge in [0.1, 0.15) is 6.33 Å².